The maximum absolute atomic E-state index is 12.5. The van der Waals surface area contributed by atoms with Crippen molar-refractivity contribution in [3.05, 3.63) is 28.6 Å². The van der Waals surface area contributed by atoms with Gasteiger partial charge in [0, 0.05) is 18.5 Å². The zero-order chi connectivity index (χ0) is 15.8. The molecule has 0 saturated carbocycles. The van der Waals surface area contributed by atoms with Crippen LogP contribution in [0.15, 0.2) is 22.9 Å². The summed E-state index contributed by atoms with van der Waals surface area (Å²) in [6.45, 7) is 6.07. The van der Waals surface area contributed by atoms with Gasteiger partial charge in [-0.05, 0) is 24.3 Å². The zero-order valence-corrected chi connectivity index (χ0v) is 15.0. The molecule has 0 aliphatic carbocycles. The third-order valence-corrected chi connectivity index (χ3v) is 5.46. The first-order valence-electron chi connectivity index (χ1n) is 8.00. The summed E-state index contributed by atoms with van der Waals surface area (Å²) in [5, 5.41) is 5.09. The fourth-order valence-corrected chi connectivity index (χ4v) is 3.86. The van der Waals surface area contributed by atoms with Gasteiger partial charge in [-0.3, -0.25) is 4.79 Å². The monoisotopic (exact) mass is 336 g/mol. The van der Waals surface area contributed by atoms with E-state index in [9.17, 15) is 4.79 Å². The van der Waals surface area contributed by atoms with E-state index in [1.807, 2.05) is 16.3 Å². The van der Waals surface area contributed by atoms with E-state index < -0.39 is 0 Å². The van der Waals surface area contributed by atoms with E-state index >= 15 is 0 Å². The van der Waals surface area contributed by atoms with E-state index in [0.29, 0.717) is 6.42 Å². The fourth-order valence-electron chi connectivity index (χ4n) is 2.23. The van der Waals surface area contributed by atoms with E-state index in [1.165, 1.54) is 4.88 Å². The first kappa shape index (κ1) is 17.2. The smallest absolute Gasteiger partial charge is 0.228 e. The molecule has 0 atom stereocenters. The van der Waals surface area contributed by atoms with Crippen molar-refractivity contribution < 1.29 is 4.79 Å². The molecule has 0 aliphatic rings. The van der Waals surface area contributed by atoms with Crippen LogP contribution in [-0.4, -0.2) is 28.9 Å². The summed E-state index contributed by atoms with van der Waals surface area (Å²) in [5.41, 5.74) is 0.899. The Morgan fingerprint density at radius 3 is 2.50 bits per heavy atom. The van der Waals surface area contributed by atoms with Crippen molar-refractivity contribution in [2.75, 3.05) is 13.1 Å². The molecule has 0 aromatic carbocycles. The van der Waals surface area contributed by atoms with Crippen LogP contribution in [0.5, 0.6) is 0 Å². The molecule has 0 aliphatic heterocycles. The van der Waals surface area contributed by atoms with Crippen molar-refractivity contribution in [3.63, 3.8) is 0 Å². The number of nitrogens with zero attached hydrogens (tertiary/aromatic N) is 2. The van der Waals surface area contributed by atoms with Gasteiger partial charge in [0.25, 0.3) is 0 Å². The van der Waals surface area contributed by atoms with Gasteiger partial charge in [-0.15, -0.1) is 22.7 Å². The minimum Gasteiger partial charge on any atom is -0.342 e. The third kappa shape index (κ3) is 4.92. The number of carbonyl (C=O) groups excluding carboxylic acids is 1. The van der Waals surface area contributed by atoms with Crippen LogP contribution in [0, 0.1) is 0 Å². The lowest BCUT2D eigenvalue weighted by molar-refractivity contribution is -0.130. The Balaban J connectivity index is 1.96. The van der Waals surface area contributed by atoms with E-state index in [-0.39, 0.29) is 5.91 Å². The molecule has 3 nitrogen and oxygen atoms in total. The number of hydrogen-bond donors (Lipinski definition) is 0. The summed E-state index contributed by atoms with van der Waals surface area (Å²) in [6, 6.07) is 4.10. The molecule has 0 fully saturated rings. The van der Waals surface area contributed by atoms with Gasteiger partial charge < -0.3 is 4.90 Å². The summed E-state index contributed by atoms with van der Waals surface area (Å²) in [4.78, 5) is 20.3. The van der Waals surface area contributed by atoms with Gasteiger partial charge in [-0.25, -0.2) is 4.98 Å². The fraction of sp³-hybridized carbons (Fsp3) is 0.529. The number of thiazole rings is 1. The summed E-state index contributed by atoms with van der Waals surface area (Å²) in [6.07, 6.45) is 4.82. The van der Waals surface area contributed by atoms with Crippen LogP contribution in [-0.2, 0) is 11.2 Å². The van der Waals surface area contributed by atoms with Crippen LogP contribution >= 0.6 is 22.7 Å². The topological polar surface area (TPSA) is 33.2 Å². The molecule has 1 amide bonds. The lowest BCUT2D eigenvalue weighted by Gasteiger charge is -2.22. The molecule has 0 spiro atoms. The second-order valence-electron chi connectivity index (χ2n) is 5.39. The SMILES string of the molecule is CCCCN(CCCC)C(=O)Cc1csc(-c2cccs2)n1. The number of unbranched alkanes of at least 4 members (excludes halogenated alkanes) is 2. The first-order valence-corrected chi connectivity index (χ1v) is 9.76. The molecule has 2 aromatic rings. The summed E-state index contributed by atoms with van der Waals surface area (Å²) in [7, 11) is 0. The molecule has 120 valence electrons. The van der Waals surface area contributed by atoms with Crippen molar-refractivity contribution in [2.24, 2.45) is 0 Å². The van der Waals surface area contributed by atoms with Gasteiger partial charge in [0.1, 0.15) is 5.01 Å². The standard InChI is InChI=1S/C17H24N2OS2/c1-3-5-9-19(10-6-4-2)16(20)12-14-13-22-17(18-14)15-8-7-11-21-15/h7-8,11,13H,3-6,9-10,12H2,1-2H3. The average Bonchev–Trinajstić information content (AvgIpc) is 3.18. The van der Waals surface area contributed by atoms with Crippen molar-refractivity contribution >= 4 is 28.6 Å². The Morgan fingerprint density at radius 1 is 1.18 bits per heavy atom. The van der Waals surface area contributed by atoms with Crippen molar-refractivity contribution in [2.45, 2.75) is 46.0 Å². The minimum absolute atomic E-state index is 0.213. The normalized spacial score (nSPS) is 10.8. The van der Waals surface area contributed by atoms with Crippen molar-refractivity contribution in [3.8, 4) is 9.88 Å². The highest BCUT2D eigenvalue weighted by Crippen LogP contribution is 2.28. The number of amides is 1. The quantitative estimate of drug-likeness (QED) is 0.656. The Hall–Kier alpha value is -1.20. The summed E-state index contributed by atoms with van der Waals surface area (Å²) < 4.78 is 0. The molecule has 0 bridgehead atoms. The second-order valence-corrected chi connectivity index (χ2v) is 7.19. The minimum atomic E-state index is 0.213. The molecule has 2 rings (SSSR count). The van der Waals surface area contributed by atoms with E-state index in [0.717, 1.165) is 49.5 Å². The molecule has 2 aromatic heterocycles. The molecule has 2 heterocycles. The molecular weight excluding hydrogens is 312 g/mol. The number of thiophene rings is 1. The van der Waals surface area contributed by atoms with Crippen LogP contribution in [0.2, 0.25) is 0 Å². The highest BCUT2D eigenvalue weighted by atomic mass is 32.1. The lowest BCUT2D eigenvalue weighted by Crippen LogP contribution is -2.34. The highest BCUT2D eigenvalue weighted by molar-refractivity contribution is 7.20. The largest absolute Gasteiger partial charge is 0.342 e. The molecule has 0 unspecified atom stereocenters. The van der Waals surface area contributed by atoms with Gasteiger partial charge >= 0.3 is 0 Å². The highest BCUT2D eigenvalue weighted by Gasteiger charge is 2.15. The van der Waals surface area contributed by atoms with Crippen LogP contribution in [0.3, 0.4) is 0 Å². The van der Waals surface area contributed by atoms with Gasteiger partial charge in [-0.2, -0.15) is 0 Å². The van der Waals surface area contributed by atoms with E-state index in [4.69, 9.17) is 0 Å². The molecule has 0 radical (unpaired) electrons. The Bertz CT molecular complexity index is 555. The van der Waals surface area contributed by atoms with E-state index in [2.05, 4.69) is 30.3 Å². The van der Waals surface area contributed by atoms with Crippen LogP contribution in [0.1, 0.15) is 45.2 Å². The predicted octanol–water partition coefficient (Wildman–Crippen LogP) is 4.84. The van der Waals surface area contributed by atoms with Crippen molar-refractivity contribution in [1.29, 1.82) is 0 Å². The molecule has 22 heavy (non-hydrogen) atoms. The molecule has 5 heteroatoms. The Morgan fingerprint density at radius 2 is 1.91 bits per heavy atom. The Labute approximate surface area is 141 Å². The average molecular weight is 337 g/mol. The second kappa shape index (κ2) is 9.06. The number of carbonyl (C=O) groups is 1. The van der Waals surface area contributed by atoms with Gasteiger partial charge in [0.05, 0.1) is 17.0 Å². The lowest BCUT2D eigenvalue weighted by atomic mass is 10.2. The summed E-state index contributed by atoms with van der Waals surface area (Å²) >= 11 is 3.31. The number of hydrogen-bond acceptors (Lipinski definition) is 4. The molecular formula is C17H24N2OS2. The van der Waals surface area contributed by atoms with Crippen LogP contribution in [0.4, 0.5) is 0 Å². The first-order chi connectivity index (χ1) is 10.7. The summed E-state index contributed by atoms with van der Waals surface area (Å²) in [5.74, 6) is 0.213. The Kier molecular flexibility index (Phi) is 7.06. The maximum Gasteiger partial charge on any atom is 0.228 e. The van der Waals surface area contributed by atoms with Gasteiger partial charge in [0.15, 0.2) is 0 Å². The van der Waals surface area contributed by atoms with Crippen molar-refractivity contribution in [1.82, 2.24) is 9.88 Å². The van der Waals surface area contributed by atoms with E-state index in [1.54, 1.807) is 22.7 Å². The molecule has 0 N–H and O–H groups in total. The predicted molar refractivity (Wildman–Crippen MR) is 95.5 cm³/mol. The van der Waals surface area contributed by atoms with Crippen LogP contribution < -0.4 is 0 Å². The van der Waals surface area contributed by atoms with Gasteiger partial charge in [0.2, 0.25) is 5.91 Å². The third-order valence-electron chi connectivity index (χ3n) is 3.53. The maximum atomic E-state index is 12.5. The van der Waals surface area contributed by atoms with Crippen LogP contribution in [0.25, 0.3) is 9.88 Å². The van der Waals surface area contributed by atoms with Gasteiger partial charge in [-0.1, -0.05) is 32.8 Å². The zero-order valence-electron chi connectivity index (χ0n) is 13.4. The number of rotatable bonds is 9. The molecule has 0 saturated heterocycles. The number of aromatic nitrogens is 1.